The minimum atomic E-state index is -0.134. The molecule has 8 heteroatoms. The summed E-state index contributed by atoms with van der Waals surface area (Å²) in [7, 11) is 0. The van der Waals surface area contributed by atoms with Gasteiger partial charge in [0, 0.05) is 19.2 Å². The Morgan fingerprint density at radius 2 is 2.04 bits per heavy atom. The highest BCUT2D eigenvalue weighted by molar-refractivity contribution is 7.98. The number of hydrogen-bond acceptors (Lipinski definition) is 6. The molecule has 0 aliphatic rings. The third kappa shape index (κ3) is 5.10. The lowest BCUT2D eigenvalue weighted by molar-refractivity contribution is -0.116. The fourth-order valence-electron chi connectivity index (χ4n) is 2.65. The lowest BCUT2D eigenvalue weighted by atomic mass is 10.2. The van der Waals surface area contributed by atoms with Crippen LogP contribution in [0, 0.1) is 0 Å². The van der Waals surface area contributed by atoms with Crippen molar-refractivity contribution in [2.45, 2.75) is 25.0 Å². The Labute approximate surface area is 168 Å². The molecule has 0 radical (unpaired) electrons. The van der Waals surface area contributed by atoms with Crippen LogP contribution in [0.4, 0.5) is 5.82 Å². The lowest BCUT2D eigenvalue weighted by Crippen LogP contribution is -2.25. The van der Waals surface area contributed by atoms with E-state index in [4.69, 9.17) is 0 Å². The van der Waals surface area contributed by atoms with E-state index in [-0.39, 0.29) is 5.91 Å². The zero-order valence-electron chi connectivity index (χ0n) is 16.1. The van der Waals surface area contributed by atoms with Gasteiger partial charge in [0.2, 0.25) is 5.91 Å². The van der Waals surface area contributed by atoms with E-state index >= 15 is 0 Å². The number of nitrogens with one attached hydrogen (secondary N) is 2. The number of amides is 1. The van der Waals surface area contributed by atoms with Crippen LogP contribution >= 0.6 is 11.8 Å². The molecular formula is C20H24N6OS. The zero-order chi connectivity index (χ0) is 19.8. The van der Waals surface area contributed by atoms with Gasteiger partial charge in [-0.3, -0.25) is 4.79 Å². The van der Waals surface area contributed by atoms with Crippen LogP contribution in [0.1, 0.15) is 18.9 Å². The highest BCUT2D eigenvalue weighted by Gasteiger charge is 2.12. The van der Waals surface area contributed by atoms with Crippen molar-refractivity contribution in [3.8, 4) is 0 Å². The molecule has 1 aromatic carbocycles. The monoisotopic (exact) mass is 396 g/mol. The molecule has 0 fully saturated rings. The predicted octanol–water partition coefficient (Wildman–Crippen LogP) is 3.20. The Kier molecular flexibility index (Phi) is 7.02. The summed E-state index contributed by atoms with van der Waals surface area (Å²) in [6, 6.07) is 9.73. The molecule has 0 saturated heterocycles. The predicted molar refractivity (Wildman–Crippen MR) is 114 cm³/mol. The molecule has 0 aliphatic heterocycles. The molecule has 0 spiro atoms. The molecule has 2 heterocycles. The summed E-state index contributed by atoms with van der Waals surface area (Å²) < 4.78 is 1.80. The SMILES string of the molecule is CCCNc1nc(SC)nc2c1cnn2CCNC(=O)/C=C\c1ccccc1. The van der Waals surface area contributed by atoms with E-state index in [0.29, 0.717) is 18.2 Å². The number of anilines is 1. The average Bonchev–Trinajstić information content (AvgIpc) is 3.14. The quantitative estimate of drug-likeness (QED) is 0.328. The van der Waals surface area contributed by atoms with E-state index in [1.165, 1.54) is 17.8 Å². The number of carbonyl (C=O) groups is 1. The van der Waals surface area contributed by atoms with Crippen LogP contribution < -0.4 is 10.6 Å². The van der Waals surface area contributed by atoms with Gasteiger partial charge in [-0.05, 0) is 24.3 Å². The first kappa shape index (κ1) is 19.9. The Balaban J connectivity index is 1.64. The summed E-state index contributed by atoms with van der Waals surface area (Å²) in [6.45, 7) is 3.95. The maximum Gasteiger partial charge on any atom is 0.244 e. The van der Waals surface area contributed by atoms with E-state index in [0.717, 1.165) is 35.4 Å². The highest BCUT2D eigenvalue weighted by atomic mass is 32.2. The van der Waals surface area contributed by atoms with Crippen LogP contribution in [0.5, 0.6) is 0 Å². The van der Waals surface area contributed by atoms with Gasteiger partial charge >= 0.3 is 0 Å². The second-order valence-corrected chi connectivity index (χ2v) is 6.90. The highest BCUT2D eigenvalue weighted by Crippen LogP contribution is 2.23. The first-order valence-corrected chi connectivity index (χ1v) is 10.5. The van der Waals surface area contributed by atoms with Crippen LogP contribution in [0.2, 0.25) is 0 Å². The second kappa shape index (κ2) is 9.89. The van der Waals surface area contributed by atoms with Gasteiger partial charge in [-0.15, -0.1) is 0 Å². The fraction of sp³-hybridized carbons (Fsp3) is 0.300. The standard InChI is InChI=1S/C20H24N6OS/c1-3-11-22-18-16-14-23-26(19(16)25-20(24-18)28-2)13-12-21-17(27)10-9-15-7-5-4-6-8-15/h4-10,14H,3,11-13H2,1-2H3,(H,21,27)(H,22,24,25)/b10-9-. The number of hydrogen-bond donors (Lipinski definition) is 2. The van der Waals surface area contributed by atoms with Crippen LogP contribution in [0.3, 0.4) is 0 Å². The number of carbonyl (C=O) groups excluding carboxylic acids is 1. The number of fused-ring (bicyclic) bond motifs is 1. The van der Waals surface area contributed by atoms with Crippen molar-refractivity contribution in [2.75, 3.05) is 24.7 Å². The van der Waals surface area contributed by atoms with Crippen LogP contribution in [0.15, 0.2) is 47.8 Å². The molecule has 0 aliphatic carbocycles. The van der Waals surface area contributed by atoms with Crippen LogP contribution in [-0.2, 0) is 11.3 Å². The van der Waals surface area contributed by atoms with Crippen molar-refractivity contribution in [3.63, 3.8) is 0 Å². The minimum absolute atomic E-state index is 0.134. The summed E-state index contributed by atoms with van der Waals surface area (Å²) in [4.78, 5) is 21.1. The first-order chi connectivity index (χ1) is 13.7. The number of nitrogens with zero attached hydrogens (tertiary/aromatic N) is 4. The maximum absolute atomic E-state index is 12.0. The fourth-order valence-corrected chi connectivity index (χ4v) is 3.01. The zero-order valence-corrected chi connectivity index (χ0v) is 16.9. The lowest BCUT2D eigenvalue weighted by Gasteiger charge is -2.08. The van der Waals surface area contributed by atoms with E-state index in [1.807, 2.05) is 36.6 Å². The van der Waals surface area contributed by atoms with Gasteiger partial charge in [-0.25, -0.2) is 14.6 Å². The molecule has 2 N–H and O–H groups in total. The Bertz CT molecular complexity index is 954. The van der Waals surface area contributed by atoms with Gasteiger partial charge in [-0.2, -0.15) is 5.10 Å². The van der Waals surface area contributed by atoms with E-state index in [9.17, 15) is 4.79 Å². The molecule has 1 amide bonds. The molecule has 0 bridgehead atoms. The van der Waals surface area contributed by atoms with Gasteiger partial charge < -0.3 is 10.6 Å². The molecule has 28 heavy (non-hydrogen) atoms. The number of thioether (sulfide) groups is 1. The van der Waals surface area contributed by atoms with Crippen molar-refractivity contribution >= 4 is 40.6 Å². The molecule has 146 valence electrons. The van der Waals surface area contributed by atoms with Crippen LogP contribution in [-0.4, -0.2) is 45.0 Å². The van der Waals surface area contributed by atoms with Crippen molar-refractivity contribution in [1.29, 1.82) is 0 Å². The number of aromatic nitrogens is 4. The van der Waals surface area contributed by atoms with E-state index in [2.05, 4.69) is 32.6 Å². The number of rotatable bonds is 9. The van der Waals surface area contributed by atoms with Crippen LogP contribution in [0.25, 0.3) is 17.1 Å². The smallest absolute Gasteiger partial charge is 0.244 e. The van der Waals surface area contributed by atoms with Gasteiger partial charge in [0.25, 0.3) is 0 Å². The summed E-state index contributed by atoms with van der Waals surface area (Å²) in [5.74, 6) is 0.669. The van der Waals surface area contributed by atoms with Crippen molar-refractivity contribution in [2.24, 2.45) is 0 Å². The number of benzene rings is 1. The van der Waals surface area contributed by atoms with E-state index < -0.39 is 0 Å². The normalized spacial score (nSPS) is 11.2. The topological polar surface area (TPSA) is 84.7 Å². The van der Waals surface area contributed by atoms with Gasteiger partial charge in [0.1, 0.15) is 5.82 Å². The largest absolute Gasteiger partial charge is 0.369 e. The van der Waals surface area contributed by atoms with Gasteiger partial charge in [0.05, 0.1) is 18.1 Å². The average molecular weight is 397 g/mol. The van der Waals surface area contributed by atoms with Crippen molar-refractivity contribution in [3.05, 3.63) is 48.2 Å². The van der Waals surface area contributed by atoms with Crippen molar-refractivity contribution in [1.82, 2.24) is 25.1 Å². The molecule has 0 atom stereocenters. The molecule has 2 aromatic heterocycles. The first-order valence-electron chi connectivity index (χ1n) is 9.23. The maximum atomic E-state index is 12.0. The molecule has 0 saturated carbocycles. The molecule has 7 nitrogen and oxygen atoms in total. The van der Waals surface area contributed by atoms with Crippen molar-refractivity contribution < 1.29 is 4.79 Å². The molecule has 0 unspecified atom stereocenters. The molecule has 3 rings (SSSR count). The summed E-state index contributed by atoms with van der Waals surface area (Å²) in [6.07, 6.45) is 8.07. The Morgan fingerprint density at radius 1 is 1.21 bits per heavy atom. The minimum Gasteiger partial charge on any atom is -0.369 e. The Hall–Kier alpha value is -2.87. The van der Waals surface area contributed by atoms with E-state index in [1.54, 1.807) is 17.0 Å². The molecule has 3 aromatic rings. The third-order valence-electron chi connectivity index (χ3n) is 4.05. The van der Waals surface area contributed by atoms with Gasteiger partial charge in [-0.1, -0.05) is 49.0 Å². The second-order valence-electron chi connectivity index (χ2n) is 6.13. The summed E-state index contributed by atoms with van der Waals surface area (Å²) >= 11 is 1.49. The third-order valence-corrected chi connectivity index (χ3v) is 4.60. The Morgan fingerprint density at radius 3 is 2.79 bits per heavy atom. The summed E-state index contributed by atoms with van der Waals surface area (Å²) in [5, 5.41) is 12.2. The van der Waals surface area contributed by atoms with Gasteiger partial charge in [0.15, 0.2) is 10.8 Å². The molecular weight excluding hydrogens is 372 g/mol. The summed E-state index contributed by atoms with van der Waals surface area (Å²) in [5.41, 5.74) is 1.76.